The molecule has 1 amide bonds. The second-order valence-corrected chi connectivity index (χ2v) is 5.49. The van der Waals surface area contributed by atoms with Gasteiger partial charge in [-0.2, -0.15) is 0 Å². The van der Waals surface area contributed by atoms with E-state index in [0.717, 1.165) is 23.8 Å². The Hall–Kier alpha value is -2.27. The molecule has 5 heteroatoms. The number of nitrogens with two attached hydrogens (primary N) is 1. The van der Waals surface area contributed by atoms with Crippen LogP contribution >= 0.6 is 0 Å². The highest BCUT2D eigenvalue weighted by Crippen LogP contribution is 2.35. The monoisotopic (exact) mass is 302 g/mol. The van der Waals surface area contributed by atoms with Crippen LogP contribution in [0.5, 0.6) is 0 Å². The Morgan fingerprint density at radius 3 is 2.73 bits per heavy atom. The van der Waals surface area contributed by atoms with Gasteiger partial charge >= 0.3 is 0 Å². The fraction of sp³-hybridized carbons (Fsp3) is 0.235. The molecule has 2 atom stereocenters. The van der Waals surface area contributed by atoms with Gasteiger partial charge < -0.3 is 10.6 Å². The molecule has 0 aliphatic carbocycles. The molecule has 0 unspecified atom stereocenters. The lowest BCUT2D eigenvalue weighted by Gasteiger charge is -2.37. The molecule has 0 saturated carbocycles. The van der Waals surface area contributed by atoms with Crippen LogP contribution in [0.1, 0.15) is 24.1 Å². The molecule has 0 aromatic heterocycles. The zero-order valence-electron chi connectivity index (χ0n) is 12.1. The minimum Gasteiger partial charge on any atom is -0.320 e. The Morgan fingerprint density at radius 2 is 1.95 bits per heavy atom. The van der Waals surface area contributed by atoms with Crippen molar-refractivity contribution in [2.24, 2.45) is 5.73 Å². The molecule has 22 heavy (non-hydrogen) atoms. The van der Waals surface area contributed by atoms with Gasteiger partial charge in [0.1, 0.15) is 11.6 Å². The molecule has 1 aliphatic rings. The number of benzene rings is 2. The number of fused-ring (bicyclic) bond motifs is 1. The first-order chi connectivity index (χ1) is 10.5. The van der Waals surface area contributed by atoms with Crippen LogP contribution in [0.15, 0.2) is 42.5 Å². The Balaban J connectivity index is 2.09. The van der Waals surface area contributed by atoms with Crippen molar-refractivity contribution in [2.45, 2.75) is 25.4 Å². The molecule has 0 saturated heterocycles. The normalized spacial score (nSPS) is 19.0. The molecule has 0 radical (unpaired) electrons. The average Bonchev–Trinajstić information content (AvgIpc) is 2.50. The van der Waals surface area contributed by atoms with Crippen molar-refractivity contribution >= 4 is 11.6 Å². The summed E-state index contributed by atoms with van der Waals surface area (Å²) in [6.07, 6.45) is 0.448. The molecule has 114 valence electrons. The Kier molecular flexibility index (Phi) is 3.66. The van der Waals surface area contributed by atoms with Crippen LogP contribution in [0, 0.1) is 11.6 Å². The molecule has 0 fully saturated rings. The summed E-state index contributed by atoms with van der Waals surface area (Å²) in [5.41, 5.74) is 7.67. The second-order valence-electron chi connectivity index (χ2n) is 5.49. The summed E-state index contributed by atoms with van der Waals surface area (Å²) in [6.45, 7) is 1.67. The number of amides is 1. The lowest BCUT2D eigenvalue weighted by atomic mass is 9.94. The summed E-state index contributed by atoms with van der Waals surface area (Å²) in [6, 6.07) is 9.30. The van der Waals surface area contributed by atoms with Gasteiger partial charge in [-0.25, -0.2) is 8.78 Å². The van der Waals surface area contributed by atoms with E-state index in [0.29, 0.717) is 12.1 Å². The van der Waals surface area contributed by atoms with Gasteiger partial charge in [0.15, 0.2) is 0 Å². The predicted octanol–water partition coefficient (Wildman–Crippen LogP) is 2.94. The van der Waals surface area contributed by atoms with E-state index in [4.69, 9.17) is 5.73 Å². The van der Waals surface area contributed by atoms with Gasteiger partial charge in [-0.05, 0) is 43.2 Å². The zero-order valence-corrected chi connectivity index (χ0v) is 12.1. The third kappa shape index (κ3) is 2.37. The highest BCUT2D eigenvalue weighted by atomic mass is 19.1. The molecule has 2 N–H and O–H groups in total. The van der Waals surface area contributed by atoms with Gasteiger partial charge in [-0.15, -0.1) is 0 Å². The van der Waals surface area contributed by atoms with Crippen LogP contribution in [0.25, 0.3) is 0 Å². The van der Waals surface area contributed by atoms with Crippen LogP contribution in [0.2, 0.25) is 0 Å². The molecule has 2 aromatic rings. The predicted molar refractivity (Wildman–Crippen MR) is 80.4 cm³/mol. The Bertz CT molecular complexity index is 732. The van der Waals surface area contributed by atoms with Crippen molar-refractivity contribution in [1.82, 2.24) is 0 Å². The Morgan fingerprint density at radius 1 is 1.23 bits per heavy atom. The number of nitrogens with zero attached hydrogens (tertiary/aromatic N) is 1. The maximum Gasteiger partial charge on any atom is 0.244 e. The standard InChI is InChI=1S/C17H16F2N2O/c1-10(13-9-12(18)6-7-14(13)19)21-16-5-3-2-4-11(16)8-15(20)17(21)22/h2-7,9-10,15H,8,20H2,1H3/t10-,15+/m0/s1. The number of carbonyl (C=O) groups excluding carboxylic acids is 1. The number of rotatable bonds is 2. The van der Waals surface area contributed by atoms with E-state index in [9.17, 15) is 13.6 Å². The molecule has 3 rings (SSSR count). The first kappa shape index (κ1) is 14.7. The van der Waals surface area contributed by atoms with E-state index >= 15 is 0 Å². The molecule has 0 spiro atoms. The minimum absolute atomic E-state index is 0.136. The minimum atomic E-state index is -0.672. The fourth-order valence-electron chi connectivity index (χ4n) is 2.91. The third-order valence-electron chi connectivity index (χ3n) is 4.04. The fourth-order valence-corrected chi connectivity index (χ4v) is 2.91. The van der Waals surface area contributed by atoms with Gasteiger partial charge in [0, 0.05) is 11.3 Å². The summed E-state index contributed by atoms with van der Waals surface area (Å²) in [7, 11) is 0. The van der Waals surface area contributed by atoms with Crippen LogP contribution in [-0.4, -0.2) is 11.9 Å². The van der Waals surface area contributed by atoms with Crippen molar-refractivity contribution in [2.75, 3.05) is 4.90 Å². The van der Waals surface area contributed by atoms with Crippen LogP contribution < -0.4 is 10.6 Å². The van der Waals surface area contributed by atoms with Gasteiger partial charge in [0.2, 0.25) is 5.91 Å². The number of hydrogen-bond donors (Lipinski definition) is 1. The topological polar surface area (TPSA) is 46.3 Å². The van der Waals surface area contributed by atoms with E-state index in [-0.39, 0.29) is 11.5 Å². The summed E-state index contributed by atoms with van der Waals surface area (Å²) in [5, 5.41) is 0. The molecule has 2 aromatic carbocycles. The third-order valence-corrected chi connectivity index (χ3v) is 4.04. The van der Waals surface area contributed by atoms with Crippen molar-refractivity contribution in [3.05, 3.63) is 65.2 Å². The number of hydrogen-bond acceptors (Lipinski definition) is 2. The van der Waals surface area contributed by atoms with E-state index < -0.39 is 23.7 Å². The van der Waals surface area contributed by atoms with Crippen LogP contribution in [-0.2, 0) is 11.2 Å². The second kappa shape index (κ2) is 5.50. The van der Waals surface area contributed by atoms with E-state index in [2.05, 4.69) is 0 Å². The average molecular weight is 302 g/mol. The summed E-state index contributed by atoms with van der Waals surface area (Å²) >= 11 is 0. The van der Waals surface area contributed by atoms with Crippen molar-refractivity contribution in [1.29, 1.82) is 0 Å². The zero-order chi connectivity index (χ0) is 15.9. The van der Waals surface area contributed by atoms with Crippen LogP contribution in [0.4, 0.5) is 14.5 Å². The first-order valence-electron chi connectivity index (χ1n) is 7.10. The van der Waals surface area contributed by atoms with Crippen LogP contribution in [0.3, 0.4) is 0 Å². The first-order valence-corrected chi connectivity index (χ1v) is 7.10. The highest BCUT2D eigenvalue weighted by molar-refractivity contribution is 6.00. The maximum absolute atomic E-state index is 14.0. The van der Waals surface area contributed by atoms with Gasteiger partial charge in [0.05, 0.1) is 12.1 Å². The maximum atomic E-state index is 14.0. The SMILES string of the molecule is C[C@@H](c1cc(F)ccc1F)N1C(=O)[C@H](N)Cc2ccccc21. The summed E-state index contributed by atoms with van der Waals surface area (Å²) in [5.74, 6) is -1.36. The number of carbonyl (C=O) groups is 1. The molecule has 0 bridgehead atoms. The Labute approximate surface area is 127 Å². The lowest BCUT2D eigenvalue weighted by Crippen LogP contribution is -2.49. The van der Waals surface area contributed by atoms with E-state index in [1.54, 1.807) is 13.0 Å². The van der Waals surface area contributed by atoms with Crippen molar-refractivity contribution < 1.29 is 13.6 Å². The van der Waals surface area contributed by atoms with E-state index in [1.807, 2.05) is 18.2 Å². The largest absolute Gasteiger partial charge is 0.320 e. The smallest absolute Gasteiger partial charge is 0.244 e. The quantitative estimate of drug-likeness (QED) is 0.927. The molecule has 1 heterocycles. The molecular formula is C17H16F2N2O. The number of halogens is 2. The van der Waals surface area contributed by atoms with Crippen molar-refractivity contribution in [3.8, 4) is 0 Å². The molecule has 3 nitrogen and oxygen atoms in total. The van der Waals surface area contributed by atoms with Gasteiger partial charge in [-0.1, -0.05) is 18.2 Å². The number of anilines is 1. The summed E-state index contributed by atoms with van der Waals surface area (Å²) in [4.78, 5) is 13.9. The lowest BCUT2D eigenvalue weighted by molar-refractivity contribution is -0.120. The van der Waals surface area contributed by atoms with Crippen molar-refractivity contribution in [3.63, 3.8) is 0 Å². The highest BCUT2D eigenvalue weighted by Gasteiger charge is 2.34. The number of para-hydroxylation sites is 1. The van der Waals surface area contributed by atoms with Gasteiger partial charge in [0.25, 0.3) is 0 Å². The molecule has 1 aliphatic heterocycles. The summed E-state index contributed by atoms with van der Waals surface area (Å²) < 4.78 is 27.5. The molecular weight excluding hydrogens is 286 g/mol. The van der Waals surface area contributed by atoms with E-state index in [1.165, 1.54) is 4.90 Å². The van der Waals surface area contributed by atoms with Gasteiger partial charge in [-0.3, -0.25) is 4.79 Å².